The van der Waals surface area contributed by atoms with Crippen LogP contribution in [0.5, 0.6) is 0 Å². The minimum absolute atomic E-state index is 0.0684. The van der Waals surface area contributed by atoms with Crippen molar-refractivity contribution in [1.82, 2.24) is 0 Å². The number of carbonyl (C=O) groups is 1. The minimum Gasteiger partial charge on any atom is -0.481 e. The first kappa shape index (κ1) is 11.0. The molecule has 0 spiro atoms. The number of aliphatic carboxylic acids is 1. The summed E-state index contributed by atoms with van der Waals surface area (Å²) in [7, 11) is 0. The van der Waals surface area contributed by atoms with Gasteiger partial charge in [-0.1, -0.05) is 23.7 Å². The highest BCUT2D eigenvalue weighted by Crippen LogP contribution is 2.21. The van der Waals surface area contributed by atoms with E-state index in [1.165, 1.54) is 0 Å². The summed E-state index contributed by atoms with van der Waals surface area (Å²) in [5.41, 5.74) is 7.40. The van der Waals surface area contributed by atoms with E-state index in [9.17, 15) is 4.79 Å². The van der Waals surface area contributed by atoms with Crippen molar-refractivity contribution in [3.63, 3.8) is 0 Å². The summed E-state index contributed by atoms with van der Waals surface area (Å²) in [6.07, 6.45) is -0.0684. The van der Waals surface area contributed by atoms with Gasteiger partial charge >= 0.3 is 5.97 Å². The first-order valence-corrected chi connectivity index (χ1v) is 4.62. The van der Waals surface area contributed by atoms with Gasteiger partial charge in [0.05, 0.1) is 6.42 Å². The molecule has 0 saturated heterocycles. The fraction of sp³-hybridized carbons (Fsp3) is 0.300. The number of hydrogen-bond donors (Lipinski definition) is 2. The number of hydrogen-bond acceptors (Lipinski definition) is 2. The molecule has 0 heterocycles. The SMILES string of the molecule is Cc1cc(C(N)CC(=O)O)ccc1Cl. The molecule has 0 fully saturated rings. The van der Waals surface area contributed by atoms with Gasteiger partial charge in [-0.3, -0.25) is 4.79 Å². The van der Waals surface area contributed by atoms with Crippen LogP contribution in [0.25, 0.3) is 0 Å². The van der Waals surface area contributed by atoms with Crippen molar-refractivity contribution >= 4 is 17.6 Å². The Morgan fingerprint density at radius 3 is 2.79 bits per heavy atom. The Morgan fingerprint density at radius 2 is 2.29 bits per heavy atom. The Bertz CT molecular complexity index is 352. The topological polar surface area (TPSA) is 63.3 Å². The molecule has 0 saturated carbocycles. The molecule has 14 heavy (non-hydrogen) atoms. The Morgan fingerprint density at radius 1 is 1.64 bits per heavy atom. The highest BCUT2D eigenvalue weighted by atomic mass is 35.5. The average molecular weight is 214 g/mol. The molecule has 3 nitrogen and oxygen atoms in total. The van der Waals surface area contributed by atoms with E-state index in [1.807, 2.05) is 13.0 Å². The van der Waals surface area contributed by atoms with Crippen LogP contribution in [0.1, 0.15) is 23.6 Å². The Balaban J connectivity index is 2.85. The fourth-order valence-electron chi connectivity index (χ4n) is 1.20. The van der Waals surface area contributed by atoms with Crippen molar-refractivity contribution < 1.29 is 9.90 Å². The Kier molecular flexibility index (Phi) is 3.49. The zero-order valence-electron chi connectivity index (χ0n) is 7.83. The zero-order valence-corrected chi connectivity index (χ0v) is 8.58. The van der Waals surface area contributed by atoms with Crippen molar-refractivity contribution in [2.45, 2.75) is 19.4 Å². The molecule has 0 amide bonds. The lowest BCUT2D eigenvalue weighted by Crippen LogP contribution is -2.15. The van der Waals surface area contributed by atoms with E-state index in [4.69, 9.17) is 22.4 Å². The van der Waals surface area contributed by atoms with Gasteiger partial charge in [-0.2, -0.15) is 0 Å². The molecule has 1 aromatic rings. The van der Waals surface area contributed by atoms with E-state index < -0.39 is 12.0 Å². The molecule has 0 aliphatic heterocycles. The predicted molar refractivity (Wildman–Crippen MR) is 55.4 cm³/mol. The summed E-state index contributed by atoms with van der Waals surface area (Å²) in [6, 6.07) is 4.83. The lowest BCUT2D eigenvalue weighted by Gasteiger charge is -2.10. The molecule has 76 valence electrons. The lowest BCUT2D eigenvalue weighted by atomic mass is 10.0. The smallest absolute Gasteiger partial charge is 0.305 e. The Hall–Kier alpha value is -1.06. The van der Waals surface area contributed by atoms with Gasteiger partial charge in [-0.15, -0.1) is 0 Å². The van der Waals surface area contributed by atoms with Crippen molar-refractivity contribution in [3.8, 4) is 0 Å². The first-order chi connectivity index (χ1) is 6.50. The van der Waals surface area contributed by atoms with Gasteiger partial charge < -0.3 is 10.8 Å². The summed E-state index contributed by atoms with van der Waals surface area (Å²) < 4.78 is 0. The van der Waals surface area contributed by atoms with Gasteiger partial charge in [0.2, 0.25) is 0 Å². The number of nitrogens with two attached hydrogens (primary N) is 1. The summed E-state index contributed by atoms with van der Waals surface area (Å²) >= 11 is 5.83. The van der Waals surface area contributed by atoms with Gasteiger partial charge in [0.25, 0.3) is 0 Å². The number of aryl methyl sites for hydroxylation is 1. The van der Waals surface area contributed by atoms with Crippen molar-refractivity contribution in [1.29, 1.82) is 0 Å². The molecule has 0 aliphatic carbocycles. The summed E-state index contributed by atoms with van der Waals surface area (Å²) in [5.74, 6) is -0.898. The number of carboxylic acid groups (broad SMARTS) is 1. The standard InChI is InChI=1S/C10H12ClNO2/c1-6-4-7(2-3-8(6)11)9(12)5-10(13)14/h2-4,9H,5,12H2,1H3,(H,13,14). The predicted octanol–water partition coefficient (Wildman–Crippen LogP) is 2.12. The van der Waals surface area contributed by atoms with Crippen LogP contribution in [-0.2, 0) is 4.79 Å². The molecule has 1 atom stereocenters. The number of benzene rings is 1. The van der Waals surface area contributed by atoms with Gasteiger partial charge in [-0.05, 0) is 24.1 Å². The third kappa shape index (κ3) is 2.72. The van der Waals surface area contributed by atoms with E-state index >= 15 is 0 Å². The molecule has 0 aromatic heterocycles. The third-order valence-corrected chi connectivity index (χ3v) is 2.43. The van der Waals surface area contributed by atoms with Gasteiger partial charge in [0.15, 0.2) is 0 Å². The van der Waals surface area contributed by atoms with Gasteiger partial charge in [0, 0.05) is 11.1 Å². The molecule has 1 unspecified atom stereocenters. The van der Waals surface area contributed by atoms with Crippen molar-refractivity contribution in [2.75, 3.05) is 0 Å². The maximum Gasteiger partial charge on any atom is 0.305 e. The minimum atomic E-state index is -0.898. The largest absolute Gasteiger partial charge is 0.481 e. The van der Waals surface area contributed by atoms with Crippen LogP contribution in [0.15, 0.2) is 18.2 Å². The average Bonchev–Trinajstić information content (AvgIpc) is 2.08. The monoisotopic (exact) mass is 213 g/mol. The van der Waals surface area contributed by atoms with Crippen LogP contribution in [0.2, 0.25) is 5.02 Å². The van der Waals surface area contributed by atoms with Crippen LogP contribution in [0.4, 0.5) is 0 Å². The second-order valence-corrected chi connectivity index (χ2v) is 3.62. The zero-order chi connectivity index (χ0) is 10.7. The number of rotatable bonds is 3. The first-order valence-electron chi connectivity index (χ1n) is 4.24. The van der Waals surface area contributed by atoms with Gasteiger partial charge in [0.1, 0.15) is 0 Å². The maximum atomic E-state index is 10.4. The molecule has 0 radical (unpaired) electrons. The van der Waals surface area contributed by atoms with Crippen LogP contribution in [-0.4, -0.2) is 11.1 Å². The molecule has 0 bridgehead atoms. The normalized spacial score (nSPS) is 12.5. The molecule has 0 aliphatic rings. The summed E-state index contributed by atoms with van der Waals surface area (Å²) in [6.45, 7) is 1.86. The highest BCUT2D eigenvalue weighted by molar-refractivity contribution is 6.31. The number of halogens is 1. The molecule has 1 rings (SSSR count). The van der Waals surface area contributed by atoms with Crippen molar-refractivity contribution in [2.24, 2.45) is 5.73 Å². The molecular formula is C10H12ClNO2. The fourth-order valence-corrected chi connectivity index (χ4v) is 1.32. The van der Waals surface area contributed by atoms with E-state index in [0.717, 1.165) is 11.1 Å². The molecule has 4 heteroatoms. The molecule has 3 N–H and O–H groups in total. The Labute approximate surface area is 87.5 Å². The number of carboxylic acids is 1. The van der Waals surface area contributed by atoms with E-state index in [2.05, 4.69) is 0 Å². The van der Waals surface area contributed by atoms with Crippen LogP contribution >= 0.6 is 11.6 Å². The van der Waals surface area contributed by atoms with E-state index in [0.29, 0.717) is 5.02 Å². The maximum absolute atomic E-state index is 10.4. The highest BCUT2D eigenvalue weighted by Gasteiger charge is 2.10. The molecular weight excluding hydrogens is 202 g/mol. The van der Waals surface area contributed by atoms with Crippen LogP contribution < -0.4 is 5.73 Å². The van der Waals surface area contributed by atoms with Crippen LogP contribution in [0, 0.1) is 6.92 Å². The quantitative estimate of drug-likeness (QED) is 0.809. The van der Waals surface area contributed by atoms with E-state index in [1.54, 1.807) is 12.1 Å². The van der Waals surface area contributed by atoms with E-state index in [-0.39, 0.29) is 6.42 Å². The third-order valence-electron chi connectivity index (χ3n) is 2.00. The summed E-state index contributed by atoms with van der Waals surface area (Å²) in [5, 5.41) is 9.23. The van der Waals surface area contributed by atoms with Crippen molar-refractivity contribution in [3.05, 3.63) is 34.3 Å². The van der Waals surface area contributed by atoms with Gasteiger partial charge in [-0.25, -0.2) is 0 Å². The second kappa shape index (κ2) is 4.44. The summed E-state index contributed by atoms with van der Waals surface area (Å²) in [4.78, 5) is 10.4. The second-order valence-electron chi connectivity index (χ2n) is 3.21. The van der Waals surface area contributed by atoms with Crippen LogP contribution in [0.3, 0.4) is 0 Å². The molecule has 1 aromatic carbocycles. The lowest BCUT2D eigenvalue weighted by molar-refractivity contribution is -0.137.